The molecule has 1 heterocycles. The van der Waals surface area contributed by atoms with Crippen LogP contribution in [-0.4, -0.2) is 38.1 Å². The van der Waals surface area contributed by atoms with Crippen LogP contribution < -0.4 is 10.0 Å². The van der Waals surface area contributed by atoms with Gasteiger partial charge in [0.1, 0.15) is 10.8 Å². The molecular weight excluding hydrogens is 397 g/mol. The van der Waals surface area contributed by atoms with Crippen molar-refractivity contribution in [2.75, 3.05) is 11.3 Å². The fourth-order valence-electron chi connectivity index (χ4n) is 1.78. The summed E-state index contributed by atoms with van der Waals surface area (Å²) < 4.78 is 62.7. The van der Waals surface area contributed by atoms with Crippen LogP contribution in [0.2, 0.25) is 0 Å². The van der Waals surface area contributed by atoms with Crippen molar-refractivity contribution in [1.82, 2.24) is 5.32 Å². The first-order valence-electron chi connectivity index (χ1n) is 6.77. The second-order valence-electron chi connectivity index (χ2n) is 4.94. The highest BCUT2D eigenvalue weighted by Crippen LogP contribution is 2.23. The Hall–Kier alpha value is -2.60. The second kappa shape index (κ2) is 7.33. The molecule has 12 heteroatoms. The fraction of sp³-hybridized carbons (Fsp3) is 0.143. The highest BCUT2D eigenvalue weighted by atomic mass is 32.2. The Balaban J connectivity index is 2.16. The second-order valence-corrected chi connectivity index (χ2v) is 7.76. The van der Waals surface area contributed by atoms with Crippen molar-refractivity contribution >= 4 is 38.9 Å². The van der Waals surface area contributed by atoms with Crippen molar-refractivity contribution in [3.63, 3.8) is 0 Å². The molecule has 0 bridgehead atoms. The van der Waals surface area contributed by atoms with E-state index in [1.54, 1.807) is 5.32 Å². The number of thiophene rings is 1. The molecule has 0 radical (unpaired) electrons. The van der Waals surface area contributed by atoms with Crippen molar-refractivity contribution in [1.29, 1.82) is 0 Å². The normalized spacial score (nSPS) is 11.8. The van der Waals surface area contributed by atoms with E-state index in [-0.39, 0.29) is 21.0 Å². The van der Waals surface area contributed by atoms with Crippen LogP contribution in [-0.2, 0) is 10.0 Å². The van der Waals surface area contributed by atoms with Gasteiger partial charge in [0, 0.05) is 16.6 Å². The number of carbonyl (C=O) groups excluding carboxylic acids is 1. The molecular formula is C14H11F3N2O5S2. The third kappa shape index (κ3) is 5.20. The van der Waals surface area contributed by atoms with Crippen LogP contribution in [0, 0.1) is 0 Å². The number of hydrogen-bond donors (Lipinski definition) is 3. The number of nitrogens with one attached hydrogen (secondary N) is 2. The van der Waals surface area contributed by atoms with Crippen LogP contribution in [0.1, 0.15) is 20.7 Å². The van der Waals surface area contributed by atoms with Gasteiger partial charge in [0.2, 0.25) is 0 Å². The first-order chi connectivity index (χ1) is 12.0. The number of alkyl halides is 3. The minimum atomic E-state index is -4.57. The molecule has 1 amide bonds. The average molecular weight is 408 g/mol. The van der Waals surface area contributed by atoms with Crippen LogP contribution in [0.15, 0.2) is 39.9 Å². The molecule has 0 aliphatic heterocycles. The van der Waals surface area contributed by atoms with Gasteiger partial charge in [-0.2, -0.15) is 13.2 Å². The Morgan fingerprint density at radius 3 is 2.42 bits per heavy atom. The first-order valence-corrected chi connectivity index (χ1v) is 9.14. The third-order valence-corrected chi connectivity index (χ3v) is 5.73. The van der Waals surface area contributed by atoms with E-state index in [4.69, 9.17) is 5.11 Å². The summed E-state index contributed by atoms with van der Waals surface area (Å²) >= 11 is 0.690. The Labute approximate surface area is 149 Å². The number of halogens is 3. The number of carboxylic acids is 1. The Morgan fingerprint density at radius 2 is 1.85 bits per heavy atom. The molecule has 0 fully saturated rings. The topological polar surface area (TPSA) is 113 Å². The standard InChI is InChI=1S/C14H11F3N2O5S2/c15-14(16,17)7-18-12(20)8-2-1-3-10(4-8)19-26(23,24)11-5-9(6-25-11)13(21)22/h1-6,19H,7H2,(H,18,20)(H,21,22). The molecule has 0 saturated heterocycles. The molecule has 1 aromatic heterocycles. The van der Waals surface area contributed by atoms with Crippen LogP contribution in [0.3, 0.4) is 0 Å². The van der Waals surface area contributed by atoms with E-state index in [1.165, 1.54) is 18.2 Å². The Morgan fingerprint density at radius 1 is 1.15 bits per heavy atom. The lowest BCUT2D eigenvalue weighted by molar-refractivity contribution is -0.123. The largest absolute Gasteiger partial charge is 0.478 e. The van der Waals surface area contributed by atoms with Gasteiger partial charge in [-0.25, -0.2) is 13.2 Å². The zero-order chi connectivity index (χ0) is 19.5. The molecule has 0 spiro atoms. The molecule has 2 rings (SSSR count). The molecule has 7 nitrogen and oxygen atoms in total. The van der Waals surface area contributed by atoms with Gasteiger partial charge >= 0.3 is 12.1 Å². The number of benzene rings is 1. The molecule has 1 aromatic carbocycles. The number of rotatable bonds is 6. The summed E-state index contributed by atoms with van der Waals surface area (Å²) in [5.74, 6) is -2.31. The van der Waals surface area contributed by atoms with E-state index in [2.05, 4.69) is 4.72 Å². The van der Waals surface area contributed by atoms with Crippen LogP contribution in [0.25, 0.3) is 0 Å². The van der Waals surface area contributed by atoms with E-state index in [1.807, 2.05) is 0 Å². The molecule has 0 aliphatic carbocycles. The summed E-state index contributed by atoms with van der Waals surface area (Å²) in [7, 11) is -4.11. The Kier molecular flexibility index (Phi) is 5.56. The smallest absolute Gasteiger partial charge is 0.405 e. The zero-order valence-corrected chi connectivity index (χ0v) is 14.3. The minimum absolute atomic E-state index is 0.0602. The van der Waals surface area contributed by atoms with Gasteiger partial charge in [0.15, 0.2) is 0 Å². The lowest BCUT2D eigenvalue weighted by atomic mass is 10.2. The highest BCUT2D eigenvalue weighted by Gasteiger charge is 2.28. The molecule has 0 aliphatic rings. The van der Waals surface area contributed by atoms with Crippen LogP contribution in [0.4, 0.5) is 18.9 Å². The molecule has 0 unspecified atom stereocenters. The number of carboxylic acid groups (broad SMARTS) is 1. The zero-order valence-electron chi connectivity index (χ0n) is 12.7. The van der Waals surface area contributed by atoms with Gasteiger partial charge in [0.25, 0.3) is 15.9 Å². The fourth-order valence-corrected chi connectivity index (χ4v) is 3.98. The van der Waals surface area contributed by atoms with Gasteiger partial charge in [0.05, 0.1) is 5.56 Å². The number of hydrogen-bond acceptors (Lipinski definition) is 5. The predicted octanol–water partition coefficient (Wildman–Crippen LogP) is 2.54. The van der Waals surface area contributed by atoms with Gasteiger partial charge in [-0.15, -0.1) is 11.3 Å². The van der Waals surface area contributed by atoms with Gasteiger partial charge < -0.3 is 10.4 Å². The SMILES string of the molecule is O=C(O)c1csc(S(=O)(=O)Nc2cccc(C(=O)NCC(F)(F)F)c2)c1. The van der Waals surface area contributed by atoms with Gasteiger partial charge in [-0.05, 0) is 24.3 Å². The van der Waals surface area contributed by atoms with Crippen molar-refractivity contribution in [3.8, 4) is 0 Å². The summed E-state index contributed by atoms with van der Waals surface area (Å²) in [6.45, 7) is -1.52. The lowest BCUT2D eigenvalue weighted by Gasteiger charge is -2.10. The van der Waals surface area contributed by atoms with Gasteiger partial charge in [-0.3, -0.25) is 9.52 Å². The number of sulfonamides is 1. The summed E-state index contributed by atoms with van der Waals surface area (Å²) in [6, 6.07) is 5.84. The number of anilines is 1. The van der Waals surface area contributed by atoms with E-state index >= 15 is 0 Å². The molecule has 3 N–H and O–H groups in total. The maximum atomic E-state index is 12.2. The Bertz CT molecular complexity index is 938. The number of aromatic carboxylic acids is 1. The van der Waals surface area contributed by atoms with E-state index in [9.17, 15) is 31.2 Å². The van der Waals surface area contributed by atoms with E-state index in [0.717, 1.165) is 17.5 Å². The summed E-state index contributed by atoms with van der Waals surface area (Å²) in [6.07, 6.45) is -4.57. The maximum absolute atomic E-state index is 12.2. The average Bonchev–Trinajstić information content (AvgIpc) is 3.03. The minimum Gasteiger partial charge on any atom is -0.478 e. The first kappa shape index (κ1) is 19.7. The summed E-state index contributed by atoms with van der Waals surface area (Å²) in [5, 5.41) is 11.6. The molecule has 26 heavy (non-hydrogen) atoms. The van der Waals surface area contributed by atoms with Crippen LogP contribution in [0.5, 0.6) is 0 Å². The maximum Gasteiger partial charge on any atom is 0.405 e. The molecule has 0 atom stereocenters. The van der Waals surface area contributed by atoms with Crippen molar-refractivity contribution in [3.05, 3.63) is 46.8 Å². The summed E-state index contributed by atoms with van der Waals surface area (Å²) in [5.41, 5.74) is -0.433. The van der Waals surface area contributed by atoms with Crippen molar-refractivity contribution in [2.45, 2.75) is 10.4 Å². The highest BCUT2D eigenvalue weighted by molar-refractivity contribution is 7.94. The predicted molar refractivity (Wildman–Crippen MR) is 86.9 cm³/mol. The molecule has 2 aromatic rings. The van der Waals surface area contributed by atoms with E-state index in [0.29, 0.717) is 11.3 Å². The molecule has 140 valence electrons. The molecule has 0 saturated carbocycles. The third-order valence-electron chi connectivity index (χ3n) is 2.91. The monoisotopic (exact) mass is 408 g/mol. The van der Waals surface area contributed by atoms with Crippen molar-refractivity contribution in [2.24, 2.45) is 0 Å². The van der Waals surface area contributed by atoms with Crippen molar-refractivity contribution < 1.29 is 36.3 Å². The quantitative estimate of drug-likeness (QED) is 0.680. The van der Waals surface area contributed by atoms with E-state index < -0.39 is 34.6 Å². The van der Waals surface area contributed by atoms with Crippen LogP contribution >= 0.6 is 11.3 Å². The lowest BCUT2D eigenvalue weighted by Crippen LogP contribution is -2.33. The summed E-state index contributed by atoms with van der Waals surface area (Å²) in [4.78, 5) is 22.5. The number of amides is 1. The number of carbonyl (C=O) groups is 2. The van der Waals surface area contributed by atoms with Gasteiger partial charge in [-0.1, -0.05) is 6.07 Å².